The van der Waals surface area contributed by atoms with Crippen LogP contribution in [-0.4, -0.2) is 60.5 Å². The van der Waals surface area contributed by atoms with Crippen LogP contribution in [0.4, 0.5) is 0 Å². The molecule has 0 N–H and O–H groups in total. The van der Waals surface area contributed by atoms with Crippen molar-refractivity contribution in [1.29, 1.82) is 0 Å². The lowest BCUT2D eigenvalue weighted by atomic mass is 9.80. The average Bonchev–Trinajstić information content (AvgIpc) is 2.75. The van der Waals surface area contributed by atoms with Gasteiger partial charge in [-0.15, -0.1) is 0 Å². The largest absolute Gasteiger partial charge is 0.496 e. The topological polar surface area (TPSA) is 43.8 Å². The van der Waals surface area contributed by atoms with Crippen molar-refractivity contribution in [2.75, 3.05) is 20.3 Å². The molecule has 3 aliphatic rings. The summed E-state index contributed by atoms with van der Waals surface area (Å²) in [7, 11) is 1.82. The van der Waals surface area contributed by atoms with Gasteiger partial charge in [-0.1, -0.05) is 12.1 Å². The fourth-order valence-electron chi connectivity index (χ4n) is 3.66. The number of nitrogens with zero attached hydrogens (tertiary/aromatic N) is 2. The van der Waals surface area contributed by atoms with Gasteiger partial charge in [0, 0.05) is 17.7 Å². The Bertz CT molecular complexity index is 670. The summed E-state index contributed by atoms with van der Waals surface area (Å²) >= 11 is 0. The third kappa shape index (κ3) is 2.95. The molecule has 1 aromatic rings. The average molecular weight is 342 g/mol. The molecule has 0 aromatic carbocycles. The molecule has 2 unspecified atom stereocenters. The number of hydrogen-bond acceptors (Lipinski definition) is 5. The van der Waals surface area contributed by atoms with Crippen molar-refractivity contribution >= 4 is 18.2 Å². The molecule has 4 rings (SSSR count). The van der Waals surface area contributed by atoms with E-state index in [0.29, 0.717) is 12.1 Å². The van der Waals surface area contributed by atoms with Crippen LogP contribution in [0.1, 0.15) is 39.8 Å². The van der Waals surface area contributed by atoms with Crippen molar-refractivity contribution in [3.05, 3.63) is 30.1 Å². The highest BCUT2D eigenvalue weighted by Crippen LogP contribution is 2.36. The molecule has 2 atom stereocenters. The number of likely N-dealkylation sites (N-methyl/N-ethyl adjacent to an activating group) is 1. The molecule has 6 heteroatoms. The van der Waals surface area contributed by atoms with Gasteiger partial charge in [0.25, 0.3) is 0 Å². The maximum atomic E-state index is 6.11. The van der Waals surface area contributed by atoms with E-state index in [0.717, 1.165) is 30.8 Å². The lowest BCUT2D eigenvalue weighted by Crippen LogP contribution is -2.51. The fourth-order valence-corrected chi connectivity index (χ4v) is 3.66. The van der Waals surface area contributed by atoms with E-state index in [9.17, 15) is 0 Å². The summed E-state index contributed by atoms with van der Waals surface area (Å²) in [5, 5.41) is 0. The standard InChI is InChI=1S/C19H27BN2O3/c1-18(2)19(3,4)25-20(24-18)14-6-7-17(21-10-14)13-8-15-11-23-12-16(9-13)22(15)5/h6-8,10,15-16H,9,11-12H2,1-5H3. The fraction of sp³-hybridized carbons (Fsp3) is 0.632. The Labute approximate surface area is 150 Å². The Morgan fingerprint density at radius 1 is 1.12 bits per heavy atom. The van der Waals surface area contributed by atoms with Crippen molar-refractivity contribution in [3.8, 4) is 0 Å². The summed E-state index contributed by atoms with van der Waals surface area (Å²) in [6, 6.07) is 4.97. The van der Waals surface area contributed by atoms with Crippen LogP contribution in [0.2, 0.25) is 0 Å². The summed E-state index contributed by atoms with van der Waals surface area (Å²) in [6.45, 7) is 9.84. The second kappa shape index (κ2) is 5.91. The van der Waals surface area contributed by atoms with E-state index in [1.807, 2.05) is 6.20 Å². The first-order valence-electron chi connectivity index (χ1n) is 9.09. The molecule has 2 bridgehead atoms. The summed E-state index contributed by atoms with van der Waals surface area (Å²) in [5.41, 5.74) is 2.68. The van der Waals surface area contributed by atoms with E-state index in [1.165, 1.54) is 5.57 Å². The van der Waals surface area contributed by atoms with Crippen molar-refractivity contribution in [1.82, 2.24) is 9.88 Å². The Morgan fingerprint density at radius 3 is 2.44 bits per heavy atom. The Balaban J connectivity index is 1.54. The molecule has 1 aromatic heterocycles. The van der Waals surface area contributed by atoms with Gasteiger partial charge in [0.2, 0.25) is 0 Å². The molecule has 134 valence electrons. The molecule has 3 aliphatic heterocycles. The van der Waals surface area contributed by atoms with Crippen LogP contribution in [0.15, 0.2) is 24.4 Å². The van der Waals surface area contributed by atoms with Gasteiger partial charge in [-0.3, -0.25) is 9.88 Å². The van der Waals surface area contributed by atoms with Crippen LogP contribution in [0.3, 0.4) is 0 Å². The van der Waals surface area contributed by atoms with Crippen molar-refractivity contribution < 1.29 is 14.0 Å². The number of fused-ring (bicyclic) bond motifs is 2. The summed E-state index contributed by atoms with van der Waals surface area (Å²) < 4.78 is 17.9. The number of hydrogen-bond donors (Lipinski definition) is 0. The molecule has 2 saturated heterocycles. The first-order valence-corrected chi connectivity index (χ1v) is 9.09. The molecule has 25 heavy (non-hydrogen) atoms. The van der Waals surface area contributed by atoms with Crippen LogP contribution in [0, 0.1) is 0 Å². The number of rotatable bonds is 2. The van der Waals surface area contributed by atoms with Crippen molar-refractivity contribution in [3.63, 3.8) is 0 Å². The molecular formula is C19H27BN2O3. The smallest absolute Gasteiger partial charge is 0.399 e. The first-order chi connectivity index (χ1) is 11.8. The molecule has 0 saturated carbocycles. The maximum absolute atomic E-state index is 6.11. The molecule has 0 radical (unpaired) electrons. The number of morpholine rings is 1. The lowest BCUT2D eigenvalue weighted by molar-refractivity contribution is -0.0222. The van der Waals surface area contributed by atoms with Crippen LogP contribution in [0.25, 0.3) is 5.57 Å². The second-order valence-corrected chi connectivity index (χ2v) is 8.39. The summed E-state index contributed by atoms with van der Waals surface area (Å²) in [6.07, 6.45) is 5.17. The second-order valence-electron chi connectivity index (χ2n) is 8.39. The van der Waals surface area contributed by atoms with Crippen molar-refractivity contribution in [2.45, 2.75) is 57.4 Å². The minimum absolute atomic E-state index is 0.329. The maximum Gasteiger partial charge on any atom is 0.496 e. The van der Waals surface area contributed by atoms with E-state index in [4.69, 9.17) is 19.0 Å². The van der Waals surface area contributed by atoms with Crippen LogP contribution < -0.4 is 5.46 Å². The van der Waals surface area contributed by atoms with Gasteiger partial charge in [0.1, 0.15) is 0 Å². The first kappa shape index (κ1) is 17.2. The van der Waals surface area contributed by atoms with E-state index >= 15 is 0 Å². The zero-order valence-corrected chi connectivity index (χ0v) is 15.8. The highest BCUT2D eigenvalue weighted by atomic mass is 16.7. The summed E-state index contributed by atoms with van der Waals surface area (Å²) in [5.74, 6) is 0. The Hall–Kier alpha value is -1.21. The number of ether oxygens (including phenoxy) is 1. The molecule has 5 nitrogen and oxygen atoms in total. The molecule has 0 spiro atoms. The van der Waals surface area contributed by atoms with Gasteiger partial charge < -0.3 is 14.0 Å². The molecule has 0 amide bonds. The van der Waals surface area contributed by atoms with Gasteiger partial charge in [-0.05, 0) is 52.8 Å². The van der Waals surface area contributed by atoms with Gasteiger partial charge in [0.15, 0.2) is 0 Å². The molecular weight excluding hydrogens is 315 g/mol. The minimum atomic E-state index is -0.356. The minimum Gasteiger partial charge on any atom is -0.399 e. The van der Waals surface area contributed by atoms with Crippen molar-refractivity contribution in [2.24, 2.45) is 0 Å². The van der Waals surface area contributed by atoms with Crippen LogP contribution >= 0.6 is 0 Å². The predicted molar refractivity (Wildman–Crippen MR) is 98.7 cm³/mol. The lowest BCUT2D eigenvalue weighted by Gasteiger charge is -2.42. The molecule has 4 heterocycles. The zero-order valence-electron chi connectivity index (χ0n) is 15.8. The molecule has 0 aliphatic carbocycles. The van der Waals surface area contributed by atoms with Crippen LogP contribution in [0.5, 0.6) is 0 Å². The van der Waals surface area contributed by atoms with Crippen LogP contribution in [-0.2, 0) is 14.0 Å². The van der Waals surface area contributed by atoms with Gasteiger partial charge >= 0.3 is 7.12 Å². The molecule has 2 fully saturated rings. The third-order valence-corrected chi connectivity index (χ3v) is 6.19. The summed E-state index contributed by atoms with van der Waals surface area (Å²) in [4.78, 5) is 7.12. The SMILES string of the molecule is CN1C2C=C(c3ccc(B4OC(C)(C)C(C)(C)O4)cn3)CC1COC2. The van der Waals surface area contributed by atoms with E-state index in [-0.39, 0.29) is 18.3 Å². The number of aromatic nitrogens is 1. The van der Waals surface area contributed by atoms with E-state index in [1.54, 1.807) is 0 Å². The number of pyridine rings is 1. The third-order valence-electron chi connectivity index (χ3n) is 6.19. The highest BCUT2D eigenvalue weighted by Gasteiger charge is 2.51. The van der Waals surface area contributed by atoms with Gasteiger partial charge in [-0.2, -0.15) is 0 Å². The monoisotopic (exact) mass is 342 g/mol. The van der Waals surface area contributed by atoms with Gasteiger partial charge in [0.05, 0.1) is 36.2 Å². The predicted octanol–water partition coefficient (Wildman–Crippen LogP) is 1.87. The van der Waals surface area contributed by atoms with Gasteiger partial charge in [-0.25, -0.2) is 0 Å². The van der Waals surface area contributed by atoms with E-state index in [2.05, 4.69) is 57.9 Å². The normalized spacial score (nSPS) is 31.1. The highest BCUT2D eigenvalue weighted by molar-refractivity contribution is 6.62. The zero-order chi connectivity index (χ0) is 17.8. The Kier molecular flexibility index (Phi) is 4.07. The Morgan fingerprint density at radius 2 is 1.84 bits per heavy atom. The quantitative estimate of drug-likeness (QED) is 0.768. The van der Waals surface area contributed by atoms with E-state index < -0.39 is 0 Å².